The second-order valence-corrected chi connectivity index (χ2v) is 4.82. The highest BCUT2D eigenvalue weighted by atomic mass is 16.5. The fourth-order valence-corrected chi connectivity index (χ4v) is 2.43. The van der Waals surface area contributed by atoms with Crippen molar-refractivity contribution < 1.29 is 4.74 Å². The monoisotopic (exact) mass is 246 g/mol. The molecule has 18 heavy (non-hydrogen) atoms. The maximum atomic E-state index is 5.38. The van der Waals surface area contributed by atoms with E-state index in [1.165, 1.54) is 0 Å². The number of pyridine rings is 1. The second kappa shape index (κ2) is 4.94. The molecule has 0 radical (unpaired) electrons. The molecule has 5 nitrogen and oxygen atoms in total. The molecule has 0 aromatic carbocycles. The Balaban J connectivity index is 1.71. The first-order valence-electron chi connectivity index (χ1n) is 6.48. The summed E-state index contributed by atoms with van der Waals surface area (Å²) in [6.45, 7) is 3.94. The summed E-state index contributed by atoms with van der Waals surface area (Å²) in [4.78, 5) is 4.46. The van der Waals surface area contributed by atoms with Gasteiger partial charge in [0.25, 0.3) is 0 Å². The second-order valence-electron chi connectivity index (χ2n) is 4.82. The quantitative estimate of drug-likeness (QED) is 0.899. The van der Waals surface area contributed by atoms with Crippen LogP contribution in [0.2, 0.25) is 0 Å². The van der Waals surface area contributed by atoms with Gasteiger partial charge >= 0.3 is 0 Å². The average molecular weight is 246 g/mol. The molecule has 1 N–H and O–H groups in total. The number of anilines is 1. The van der Waals surface area contributed by atoms with Gasteiger partial charge < -0.3 is 10.1 Å². The van der Waals surface area contributed by atoms with Gasteiger partial charge in [0.15, 0.2) is 5.65 Å². The maximum absolute atomic E-state index is 5.38. The number of ether oxygens (including phenoxy) is 1. The van der Waals surface area contributed by atoms with Gasteiger partial charge in [-0.15, -0.1) is 5.10 Å². The maximum Gasteiger partial charge on any atom is 0.243 e. The molecule has 0 amide bonds. The molecule has 2 aromatic heterocycles. The topological polar surface area (TPSA) is 51.5 Å². The first kappa shape index (κ1) is 11.5. The van der Waals surface area contributed by atoms with Crippen molar-refractivity contribution in [3.05, 3.63) is 24.4 Å². The molecule has 1 saturated heterocycles. The lowest BCUT2D eigenvalue weighted by atomic mass is 9.93. The largest absolute Gasteiger partial charge is 0.381 e. The number of rotatable bonds is 3. The molecule has 1 unspecified atom stereocenters. The lowest BCUT2D eigenvalue weighted by Crippen LogP contribution is -2.31. The molecule has 0 bridgehead atoms. The molecule has 3 rings (SSSR count). The number of hydrogen-bond donors (Lipinski definition) is 1. The summed E-state index contributed by atoms with van der Waals surface area (Å²) in [7, 11) is 0. The highest BCUT2D eigenvalue weighted by Crippen LogP contribution is 2.20. The fourth-order valence-electron chi connectivity index (χ4n) is 2.43. The number of aromatic nitrogens is 3. The van der Waals surface area contributed by atoms with E-state index in [1.54, 1.807) is 4.52 Å². The summed E-state index contributed by atoms with van der Waals surface area (Å²) in [5.41, 5.74) is 0.874. The molecule has 1 atom stereocenters. The van der Waals surface area contributed by atoms with Crippen LogP contribution in [0.15, 0.2) is 24.4 Å². The Bertz CT molecular complexity index is 485. The van der Waals surface area contributed by atoms with Gasteiger partial charge in [-0.3, -0.25) is 0 Å². The lowest BCUT2D eigenvalue weighted by Gasteiger charge is -2.27. The number of hydrogen-bond acceptors (Lipinski definition) is 4. The van der Waals surface area contributed by atoms with Crippen LogP contribution in [0.4, 0.5) is 5.95 Å². The van der Waals surface area contributed by atoms with E-state index in [1.807, 2.05) is 24.4 Å². The Morgan fingerprint density at radius 3 is 3.00 bits per heavy atom. The van der Waals surface area contributed by atoms with Crippen molar-refractivity contribution in [3.63, 3.8) is 0 Å². The summed E-state index contributed by atoms with van der Waals surface area (Å²) in [5.74, 6) is 1.35. The number of nitrogens with one attached hydrogen (secondary N) is 1. The minimum absolute atomic E-state index is 0.381. The summed E-state index contributed by atoms with van der Waals surface area (Å²) >= 11 is 0. The smallest absolute Gasteiger partial charge is 0.243 e. The molecule has 3 heterocycles. The van der Waals surface area contributed by atoms with Gasteiger partial charge in [-0.2, -0.15) is 4.98 Å². The van der Waals surface area contributed by atoms with Crippen LogP contribution in [0.3, 0.4) is 0 Å². The third kappa shape index (κ3) is 2.31. The van der Waals surface area contributed by atoms with Gasteiger partial charge in [0.1, 0.15) is 0 Å². The Kier molecular flexibility index (Phi) is 3.15. The molecule has 1 aliphatic rings. The SMILES string of the molecule is CC(Nc1nc2ccccn2n1)C1CCOCC1. The van der Waals surface area contributed by atoms with E-state index in [-0.39, 0.29) is 0 Å². The van der Waals surface area contributed by atoms with Gasteiger partial charge in [-0.05, 0) is 37.8 Å². The highest BCUT2D eigenvalue weighted by molar-refractivity contribution is 5.43. The molecule has 1 fully saturated rings. The third-order valence-electron chi connectivity index (χ3n) is 3.57. The van der Waals surface area contributed by atoms with E-state index in [0.717, 1.165) is 31.7 Å². The van der Waals surface area contributed by atoms with Crippen molar-refractivity contribution in [1.29, 1.82) is 0 Å². The summed E-state index contributed by atoms with van der Waals surface area (Å²) in [6, 6.07) is 6.26. The van der Waals surface area contributed by atoms with Crippen molar-refractivity contribution in [2.75, 3.05) is 18.5 Å². The molecule has 0 aliphatic carbocycles. The Morgan fingerprint density at radius 1 is 1.39 bits per heavy atom. The number of nitrogens with zero attached hydrogens (tertiary/aromatic N) is 3. The van der Waals surface area contributed by atoms with Gasteiger partial charge in [0, 0.05) is 25.5 Å². The molecule has 2 aromatic rings. The third-order valence-corrected chi connectivity index (χ3v) is 3.57. The average Bonchev–Trinajstić information content (AvgIpc) is 2.82. The van der Waals surface area contributed by atoms with E-state index in [0.29, 0.717) is 17.9 Å². The van der Waals surface area contributed by atoms with Crippen LogP contribution in [-0.4, -0.2) is 33.9 Å². The lowest BCUT2D eigenvalue weighted by molar-refractivity contribution is 0.0621. The molecule has 0 saturated carbocycles. The molecule has 5 heteroatoms. The van der Waals surface area contributed by atoms with Crippen LogP contribution >= 0.6 is 0 Å². The Hall–Kier alpha value is -1.62. The minimum atomic E-state index is 0.381. The molecule has 1 aliphatic heterocycles. The van der Waals surface area contributed by atoms with Crippen molar-refractivity contribution in [3.8, 4) is 0 Å². The first-order valence-corrected chi connectivity index (χ1v) is 6.48. The van der Waals surface area contributed by atoms with Crippen molar-refractivity contribution in [1.82, 2.24) is 14.6 Å². The zero-order valence-electron chi connectivity index (χ0n) is 10.5. The van der Waals surface area contributed by atoms with Crippen LogP contribution < -0.4 is 5.32 Å². The normalized spacial score (nSPS) is 18.9. The van der Waals surface area contributed by atoms with E-state index < -0.39 is 0 Å². The van der Waals surface area contributed by atoms with Crippen molar-refractivity contribution in [2.45, 2.75) is 25.8 Å². The summed E-state index contributed by atoms with van der Waals surface area (Å²) < 4.78 is 7.18. The summed E-state index contributed by atoms with van der Waals surface area (Å²) in [5, 5.41) is 7.81. The van der Waals surface area contributed by atoms with Crippen LogP contribution in [0.5, 0.6) is 0 Å². The number of fused-ring (bicyclic) bond motifs is 1. The van der Waals surface area contributed by atoms with Crippen molar-refractivity contribution in [2.24, 2.45) is 5.92 Å². The van der Waals surface area contributed by atoms with Gasteiger partial charge in [0.05, 0.1) is 0 Å². The standard InChI is InChI=1S/C13H18N4O/c1-10(11-5-8-18-9-6-11)14-13-15-12-4-2-3-7-17(12)16-13/h2-4,7,10-11H,5-6,8-9H2,1H3,(H,14,16). The zero-order chi connectivity index (χ0) is 12.4. The van der Waals surface area contributed by atoms with Crippen LogP contribution in [0.25, 0.3) is 5.65 Å². The summed E-state index contributed by atoms with van der Waals surface area (Å²) in [6.07, 6.45) is 4.13. The van der Waals surface area contributed by atoms with E-state index >= 15 is 0 Å². The molecular formula is C13H18N4O. The first-order chi connectivity index (χ1) is 8.83. The Morgan fingerprint density at radius 2 is 2.22 bits per heavy atom. The van der Waals surface area contributed by atoms with Gasteiger partial charge in [-0.25, -0.2) is 4.52 Å². The van der Waals surface area contributed by atoms with Gasteiger partial charge in [0.2, 0.25) is 5.95 Å². The van der Waals surface area contributed by atoms with E-state index in [4.69, 9.17) is 4.74 Å². The molecule has 96 valence electrons. The van der Waals surface area contributed by atoms with Crippen molar-refractivity contribution >= 4 is 11.6 Å². The minimum Gasteiger partial charge on any atom is -0.381 e. The zero-order valence-corrected chi connectivity index (χ0v) is 10.5. The fraction of sp³-hybridized carbons (Fsp3) is 0.538. The van der Waals surface area contributed by atoms with E-state index in [2.05, 4.69) is 22.3 Å². The Labute approximate surface area is 106 Å². The van der Waals surface area contributed by atoms with Crippen LogP contribution in [-0.2, 0) is 4.74 Å². The predicted octanol–water partition coefficient (Wildman–Crippen LogP) is 1.96. The highest BCUT2D eigenvalue weighted by Gasteiger charge is 2.21. The predicted molar refractivity (Wildman–Crippen MR) is 69.6 cm³/mol. The van der Waals surface area contributed by atoms with E-state index in [9.17, 15) is 0 Å². The van der Waals surface area contributed by atoms with Crippen LogP contribution in [0, 0.1) is 5.92 Å². The van der Waals surface area contributed by atoms with Gasteiger partial charge in [-0.1, -0.05) is 6.07 Å². The molecular weight excluding hydrogens is 228 g/mol. The molecule has 0 spiro atoms. The van der Waals surface area contributed by atoms with Crippen LogP contribution in [0.1, 0.15) is 19.8 Å².